The lowest BCUT2D eigenvalue weighted by atomic mass is 10.0. The van der Waals surface area contributed by atoms with Gasteiger partial charge in [-0.25, -0.2) is 9.78 Å². The van der Waals surface area contributed by atoms with Crippen molar-refractivity contribution in [2.45, 2.75) is 6.92 Å². The molecule has 31 heavy (non-hydrogen) atoms. The molecule has 154 valence electrons. The zero-order valence-corrected chi connectivity index (χ0v) is 19.7. The number of Topliss-reactive ketones (excluding diaryl/α,β-unsaturated/α-hetero) is 1. The number of aryl methyl sites for hydroxylation is 1. The van der Waals surface area contributed by atoms with Crippen LogP contribution in [0.4, 0.5) is 0 Å². The second-order valence-electron chi connectivity index (χ2n) is 7.05. The quantitative estimate of drug-likeness (QED) is 0.208. The van der Waals surface area contributed by atoms with E-state index in [1.807, 2.05) is 49.4 Å². The summed E-state index contributed by atoms with van der Waals surface area (Å²) < 4.78 is 7.12. The number of hydrogen-bond acceptors (Lipinski definition) is 4. The van der Waals surface area contributed by atoms with Crippen LogP contribution in [0.2, 0.25) is 0 Å². The molecule has 0 aliphatic rings. The Morgan fingerprint density at radius 2 is 1.61 bits per heavy atom. The van der Waals surface area contributed by atoms with Gasteiger partial charge in [-0.15, -0.1) is 0 Å². The second-order valence-corrected chi connectivity index (χ2v) is 8.88. The lowest BCUT2D eigenvalue weighted by Crippen LogP contribution is -2.15. The summed E-state index contributed by atoms with van der Waals surface area (Å²) in [5, 5.41) is 0.674. The maximum absolute atomic E-state index is 13.0. The molecule has 0 bridgehead atoms. The Morgan fingerprint density at radius 1 is 0.903 bits per heavy atom. The van der Waals surface area contributed by atoms with Crippen molar-refractivity contribution in [3.63, 3.8) is 0 Å². The summed E-state index contributed by atoms with van der Waals surface area (Å²) in [5.41, 5.74) is 4.07. The van der Waals surface area contributed by atoms with Crippen LogP contribution in [0.15, 0.2) is 81.7 Å². The first kappa shape index (κ1) is 21.4. The number of halogens is 2. The van der Waals surface area contributed by atoms with Crippen molar-refractivity contribution >= 4 is 54.5 Å². The molecule has 0 aliphatic carbocycles. The van der Waals surface area contributed by atoms with Crippen LogP contribution in [0, 0.1) is 6.92 Å². The van der Waals surface area contributed by atoms with Crippen molar-refractivity contribution in [1.82, 2.24) is 4.98 Å². The van der Waals surface area contributed by atoms with E-state index in [4.69, 9.17) is 9.72 Å². The summed E-state index contributed by atoms with van der Waals surface area (Å²) in [5.74, 6) is -0.826. The van der Waals surface area contributed by atoms with Gasteiger partial charge in [-0.1, -0.05) is 74.3 Å². The number of nitrogens with zero attached hydrogens (tertiary/aromatic N) is 1. The summed E-state index contributed by atoms with van der Waals surface area (Å²) in [6.45, 7) is 1.61. The molecule has 0 radical (unpaired) electrons. The smallest absolute Gasteiger partial charge is 0.339 e. The van der Waals surface area contributed by atoms with Gasteiger partial charge >= 0.3 is 5.97 Å². The number of ether oxygens (including phenoxy) is 1. The molecular weight excluding hydrogens is 522 g/mol. The molecule has 3 aromatic carbocycles. The monoisotopic (exact) mass is 537 g/mol. The van der Waals surface area contributed by atoms with Crippen molar-refractivity contribution < 1.29 is 14.3 Å². The number of benzene rings is 3. The van der Waals surface area contributed by atoms with Crippen LogP contribution >= 0.6 is 31.9 Å². The first-order valence-electron chi connectivity index (χ1n) is 9.54. The lowest BCUT2D eigenvalue weighted by molar-refractivity contribution is 0.0476. The fraction of sp³-hybridized carbons (Fsp3) is 0.0800. The van der Waals surface area contributed by atoms with Crippen LogP contribution in [-0.2, 0) is 4.74 Å². The third kappa shape index (κ3) is 4.75. The van der Waals surface area contributed by atoms with Gasteiger partial charge in [-0.05, 0) is 42.8 Å². The topological polar surface area (TPSA) is 56.3 Å². The zero-order valence-electron chi connectivity index (χ0n) is 16.6. The molecule has 4 rings (SSSR count). The number of rotatable bonds is 5. The standard InChI is InChI=1S/C25H17Br2NO3/c1-15-11-19(27)12-20-21(13-22(28-24(15)20)16-5-3-2-4-6-16)25(30)31-14-23(29)17-7-9-18(26)10-8-17/h2-13H,14H2,1H3. The lowest BCUT2D eigenvalue weighted by Gasteiger charge is -2.12. The Balaban J connectivity index is 1.70. The van der Waals surface area contributed by atoms with Gasteiger partial charge in [-0.2, -0.15) is 0 Å². The van der Waals surface area contributed by atoms with E-state index in [1.54, 1.807) is 30.3 Å². The molecule has 0 fully saturated rings. The van der Waals surface area contributed by atoms with Crippen LogP contribution in [-0.4, -0.2) is 23.3 Å². The van der Waals surface area contributed by atoms with Crippen LogP contribution < -0.4 is 0 Å². The van der Waals surface area contributed by atoms with E-state index in [0.29, 0.717) is 22.2 Å². The first-order chi connectivity index (χ1) is 14.9. The summed E-state index contributed by atoms with van der Waals surface area (Å²) in [6, 6.07) is 22.1. The highest BCUT2D eigenvalue weighted by Crippen LogP contribution is 2.30. The largest absolute Gasteiger partial charge is 0.454 e. The third-order valence-corrected chi connectivity index (χ3v) is 5.85. The molecule has 0 N–H and O–H groups in total. The van der Waals surface area contributed by atoms with Crippen LogP contribution in [0.5, 0.6) is 0 Å². The number of fused-ring (bicyclic) bond motifs is 1. The zero-order chi connectivity index (χ0) is 22.0. The van der Waals surface area contributed by atoms with Crippen molar-refractivity contribution in [3.8, 4) is 11.3 Å². The summed E-state index contributed by atoms with van der Waals surface area (Å²) in [7, 11) is 0. The van der Waals surface area contributed by atoms with Gasteiger partial charge in [0.15, 0.2) is 12.4 Å². The van der Waals surface area contributed by atoms with E-state index in [2.05, 4.69) is 31.9 Å². The Morgan fingerprint density at radius 3 is 2.32 bits per heavy atom. The molecule has 6 heteroatoms. The maximum atomic E-state index is 13.0. The van der Waals surface area contributed by atoms with E-state index in [0.717, 1.165) is 25.6 Å². The number of ketones is 1. The molecule has 0 saturated heterocycles. The molecule has 0 unspecified atom stereocenters. The van der Waals surface area contributed by atoms with Crippen LogP contribution in [0.25, 0.3) is 22.2 Å². The Hall–Kier alpha value is -2.83. The highest BCUT2D eigenvalue weighted by molar-refractivity contribution is 9.10. The SMILES string of the molecule is Cc1cc(Br)cc2c(C(=O)OCC(=O)c3ccc(Br)cc3)cc(-c3ccccc3)nc12. The molecule has 0 saturated carbocycles. The van der Waals surface area contributed by atoms with Gasteiger partial charge in [0.1, 0.15) is 0 Å². The molecule has 4 nitrogen and oxygen atoms in total. The Labute approximate surface area is 196 Å². The molecule has 0 aliphatic heterocycles. The fourth-order valence-corrected chi connectivity index (χ4v) is 4.15. The summed E-state index contributed by atoms with van der Waals surface area (Å²) >= 11 is 6.83. The average Bonchev–Trinajstić information content (AvgIpc) is 2.77. The number of hydrogen-bond donors (Lipinski definition) is 0. The van der Waals surface area contributed by atoms with Crippen molar-refractivity contribution in [2.75, 3.05) is 6.61 Å². The number of carbonyl (C=O) groups excluding carboxylic acids is 2. The third-order valence-electron chi connectivity index (χ3n) is 4.86. The van der Waals surface area contributed by atoms with Gasteiger partial charge in [0, 0.05) is 25.5 Å². The minimum absolute atomic E-state index is 0.264. The minimum atomic E-state index is -0.562. The predicted molar refractivity (Wildman–Crippen MR) is 128 cm³/mol. The van der Waals surface area contributed by atoms with Crippen molar-refractivity contribution in [2.24, 2.45) is 0 Å². The predicted octanol–water partition coefficient (Wildman–Crippen LogP) is 6.77. The van der Waals surface area contributed by atoms with E-state index < -0.39 is 5.97 Å². The second kappa shape index (κ2) is 9.12. The minimum Gasteiger partial charge on any atom is -0.454 e. The Kier molecular flexibility index (Phi) is 6.30. The van der Waals surface area contributed by atoms with Crippen molar-refractivity contribution in [3.05, 3.63) is 98.4 Å². The molecule has 0 amide bonds. The van der Waals surface area contributed by atoms with E-state index in [9.17, 15) is 9.59 Å². The molecule has 1 aromatic heterocycles. The van der Waals surface area contributed by atoms with Crippen molar-refractivity contribution in [1.29, 1.82) is 0 Å². The van der Waals surface area contributed by atoms with Gasteiger partial charge in [0.05, 0.1) is 16.8 Å². The molecule has 1 heterocycles. The van der Waals surface area contributed by atoms with E-state index in [-0.39, 0.29) is 12.4 Å². The van der Waals surface area contributed by atoms with E-state index in [1.165, 1.54) is 0 Å². The number of aromatic nitrogens is 1. The molecule has 4 aromatic rings. The number of pyridine rings is 1. The maximum Gasteiger partial charge on any atom is 0.339 e. The average molecular weight is 539 g/mol. The summed E-state index contributed by atoms with van der Waals surface area (Å²) in [6.07, 6.45) is 0. The molecule has 0 atom stereocenters. The van der Waals surface area contributed by atoms with Crippen LogP contribution in [0.3, 0.4) is 0 Å². The highest BCUT2D eigenvalue weighted by atomic mass is 79.9. The Bertz CT molecular complexity index is 1290. The van der Waals surface area contributed by atoms with E-state index >= 15 is 0 Å². The molecular formula is C25H17Br2NO3. The van der Waals surface area contributed by atoms with Gasteiger partial charge < -0.3 is 4.74 Å². The van der Waals surface area contributed by atoms with Gasteiger partial charge in [0.2, 0.25) is 0 Å². The number of carbonyl (C=O) groups is 2. The first-order valence-corrected chi connectivity index (χ1v) is 11.1. The van der Waals surface area contributed by atoms with Gasteiger partial charge in [0.25, 0.3) is 0 Å². The fourth-order valence-electron chi connectivity index (χ4n) is 3.31. The number of esters is 1. The summed E-state index contributed by atoms with van der Waals surface area (Å²) in [4.78, 5) is 30.2. The normalized spacial score (nSPS) is 10.8. The molecule has 0 spiro atoms. The van der Waals surface area contributed by atoms with Crippen LogP contribution in [0.1, 0.15) is 26.3 Å². The van der Waals surface area contributed by atoms with Gasteiger partial charge in [-0.3, -0.25) is 4.79 Å². The highest BCUT2D eigenvalue weighted by Gasteiger charge is 2.18.